The molecule has 0 aliphatic heterocycles. The highest BCUT2D eigenvalue weighted by Crippen LogP contribution is 2.04. The molecule has 0 bridgehead atoms. The lowest BCUT2D eigenvalue weighted by Crippen LogP contribution is -2.58. The largest absolute Gasteiger partial charge is 0.480 e. The first-order valence-corrected chi connectivity index (χ1v) is 11.9. The maximum Gasteiger partial charge on any atom is 0.326 e. The molecule has 4 atom stereocenters. The van der Waals surface area contributed by atoms with Crippen molar-refractivity contribution < 1.29 is 29.1 Å². The Morgan fingerprint density at radius 1 is 1.00 bits per heavy atom. The minimum Gasteiger partial charge on any atom is -0.480 e. The van der Waals surface area contributed by atoms with Gasteiger partial charge in [0.05, 0.1) is 12.4 Å². The van der Waals surface area contributed by atoms with Crippen LogP contribution in [0.1, 0.15) is 31.4 Å². The minimum absolute atomic E-state index is 0.0242. The number of carboxylic acids is 1. The molecule has 0 fully saturated rings. The van der Waals surface area contributed by atoms with Gasteiger partial charge >= 0.3 is 5.97 Å². The molecule has 1 rings (SSSR count). The second-order valence-electron chi connectivity index (χ2n) is 8.05. The van der Waals surface area contributed by atoms with E-state index in [0.29, 0.717) is 5.69 Å². The molecule has 0 radical (unpaired) electrons. The zero-order valence-electron chi connectivity index (χ0n) is 20.1. The molecule has 16 nitrogen and oxygen atoms in total. The molecule has 1 aromatic rings. The van der Waals surface area contributed by atoms with Gasteiger partial charge in [0.15, 0.2) is 5.96 Å². The van der Waals surface area contributed by atoms with Crippen molar-refractivity contribution in [2.24, 2.45) is 27.9 Å². The van der Waals surface area contributed by atoms with Crippen LogP contribution in [0, 0.1) is 0 Å². The second-order valence-corrected chi connectivity index (χ2v) is 8.41. The summed E-state index contributed by atoms with van der Waals surface area (Å²) < 4.78 is 0. The molecule has 0 aliphatic rings. The topological polar surface area (TPSA) is 287 Å². The number of nitrogens with zero attached hydrogens (tertiary/aromatic N) is 2. The van der Waals surface area contributed by atoms with Gasteiger partial charge in [0.1, 0.15) is 18.1 Å². The summed E-state index contributed by atoms with van der Waals surface area (Å²) in [5.74, 6) is -4.47. The number of carboxylic acid groups (broad SMARTS) is 1. The number of aliphatic imine (C=N–C) groups is 1. The van der Waals surface area contributed by atoms with Gasteiger partial charge in [-0.15, -0.1) is 0 Å². The molecule has 0 aliphatic carbocycles. The van der Waals surface area contributed by atoms with Crippen LogP contribution in [-0.4, -0.2) is 87.1 Å². The molecule has 0 spiro atoms. The highest BCUT2D eigenvalue weighted by atomic mass is 32.1. The van der Waals surface area contributed by atoms with Crippen molar-refractivity contribution in [3.8, 4) is 0 Å². The Labute approximate surface area is 218 Å². The highest BCUT2D eigenvalue weighted by molar-refractivity contribution is 7.80. The number of aliphatic carboxylic acids is 1. The maximum absolute atomic E-state index is 13.0. The summed E-state index contributed by atoms with van der Waals surface area (Å²) in [6, 6.07) is -4.77. The monoisotopic (exact) mass is 542 g/mol. The molecule has 0 saturated heterocycles. The number of primary amides is 1. The van der Waals surface area contributed by atoms with Gasteiger partial charge in [-0.1, -0.05) is 0 Å². The van der Waals surface area contributed by atoms with Crippen LogP contribution in [0.3, 0.4) is 0 Å². The van der Waals surface area contributed by atoms with E-state index in [4.69, 9.17) is 22.9 Å². The molecule has 37 heavy (non-hydrogen) atoms. The predicted octanol–water partition coefficient (Wildman–Crippen LogP) is -3.93. The number of carbonyl (C=O) groups is 5. The van der Waals surface area contributed by atoms with Crippen molar-refractivity contribution in [1.82, 2.24) is 25.9 Å². The Morgan fingerprint density at radius 3 is 2.16 bits per heavy atom. The van der Waals surface area contributed by atoms with Crippen molar-refractivity contribution in [2.75, 3.05) is 12.3 Å². The summed E-state index contributed by atoms with van der Waals surface area (Å²) >= 11 is 4.08. The molecule has 1 heterocycles. The standard InChI is InChI=1S/C20H34N10O6S/c21-11(3-4-15(22)31)16(32)29-13(6-10-7-25-9-27-10)17(33)30-14(8-37)18(34)28-12(19(35)36)2-1-5-26-20(23)24/h7,9,11-14,37H,1-6,8,21H2,(H2,22,31)(H,25,27)(H,28,34)(H,29,32)(H,30,33)(H,35,36)(H4,23,24,26). The number of nitrogens with two attached hydrogens (primary N) is 4. The number of nitrogens with one attached hydrogen (secondary N) is 4. The minimum atomic E-state index is -1.28. The number of H-pyrrole nitrogens is 1. The number of guanidine groups is 1. The fraction of sp³-hybridized carbons (Fsp3) is 0.550. The number of aromatic amines is 1. The van der Waals surface area contributed by atoms with Crippen molar-refractivity contribution in [3.63, 3.8) is 0 Å². The number of aromatic nitrogens is 2. The predicted molar refractivity (Wildman–Crippen MR) is 136 cm³/mol. The van der Waals surface area contributed by atoms with Gasteiger partial charge in [-0.25, -0.2) is 9.78 Å². The number of imidazole rings is 1. The normalized spacial score (nSPS) is 13.9. The maximum atomic E-state index is 13.0. The molecule has 13 N–H and O–H groups in total. The summed E-state index contributed by atoms with van der Waals surface area (Å²) in [5, 5.41) is 16.7. The third kappa shape index (κ3) is 12.1. The van der Waals surface area contributed by atoms with Gasteiger partial charge in [-0.3, -0.25) is 24.2 Å². The van der Waals surface area contributed by atoms with Gasteiger partial charge in [0, 0.05) is 37.0 Å². The summed E-state index contributed by atoms with van der Waals surface area (Å²) in [6.45, 7) is 0.172. The van der Waals surface area contributed by atoms with E-state index in [1.165, 1.54) is 12.5 Å². The molecule has 1 aromatic heterocycles. The lowest BCUT2D eigenvalue weighted by molar-refractivity contribution is -0.142. The van der Waals surface area contributed by atoms with E-state index in [1.54, 1.807) is 0 Å². The molecular weight excluding hydrogens is 508 g/mol. The van der Waals surface area contributed by atoms with Gasteiger partial charge in [0.25, 0.3) is 0 Å². The van der Waals surface area contributed by atoms with E-state index in [1.807, 2.05) is 0 Å². The van der Waals surface area contributed by atoms with E-state index < -0.39 is 53.8 Å². The first-order valence-electron chi connectivity index (χ1n) is 11.3. The fourth-order valence-corrected chi connectivity index (χ4v) is 3.29. The van der Waals surface area contributed by atoms with Gasteiger partial charge < -0.3 is 49.0 Å². The Morgan fingerprint density at radius 2 is 1.62 bits per heavy atom. The smallest absolute Gasteiger partial charge is 0.326 e. The van der Waals surface area contributed by atoms with E-state index in [0.717, 1.165) is 0 Å². The first-order chi connectivity index (χ1) is 17.4. The third-order valence-electron chi connectivity index (χ3n) is 5.03. The van der Waals surface area contributed by atoms with Crippen LogP contribution in [0.4, 0.5) is 0 Å². The summed E-state index contributed by atoms with van der Waals surface area (Å²) in [4.78, 5) is 71.2. The van der Waals surface area contributed by atoms with Gasteiger partial charge in [-0.2, -0.15) is 12.6 Å². The van der Waals surface area contributed by atoms with E-state index in [9.17, 15) is 29.1 Å². The van der Waals surface area contributed by atoms with Crippen molar-refractivity contribution in [2.45, 2.75) is 56.3 Å². The number of amides is 4. The van der Waals surface area contributed by atoms with Crippen molar-refractivity contribution in [1.29, 1.82) is 0 Å². The quantitative estimate of drug-likeness (QED) is 0.0394. The average Bonchev–Trinajstić information content (AvgIpc) is 3.34. The van der Waals surface area contributed by atoms with Gasteiger partial charge in [0.2, 0.25) is 23.6 Å². The van der Waals surface area contributed by atoms with Gasteiger partial charge in [-0.05, 0) is 19.3 Å². The van der Waals surface area contributed by atoms with Crippen LogP contribution in [0.5, 0.6) is 0 Å². The average molecular weight is 543 g/mol. The first kappa shape index (κ1) is 31.2. The number of rotatable bonds is 17. The summed E-state index contributed by atoms with van der Waals surface area (Å²) in [6.07, 6.45) is 2.97. The number of hydrogen-bond acceptors (Lipinski definition) is 9. The highest BCUT2D eigenvalue weighted by Gasteiger charge is 2.30. The molecule has 4 amide bonds. The fourth-order valence-electron chi connectivity index (χ4n) is 3.03. The molecule has 0 aromatic carbocycles. The lowest BCUT2D eigenvalue weighted by Gasteiger charge is -2.24. The molecular formula is C20H34N10O6S. The van der Waals surface area contributed by atoms with Crippen LogP contribution in [0.25, 0.3) is 0 Å². The number of carbonyl (C=O) groups excluding carboxylic acids is 4. The summed E-state index contributed by atoms with van der Waals surface area (Å²) in [7, 11) is 0. The zero-order chi connectivity index (χ0) is 28.0. The van der Waals surface area contributed by atoms with Crippen LogP contribution in [0.2, 0.25) is 0 Å². The Balaban J connectivity index is 2.87. The Hall–Kier alpha value is -3.86. The second kappa shape index (κ2) is 16.0. The lowest BCUT2D eigenvalue weighted by atomic mass is 10.1. The van der Waals surface area contributed by atoms with E-state index in [-0.39, 0.29) is 50.4 Å². The summed E-state index contributed by atoms with van der Waals surface area (Å²) in [5.41, 5.74) is 21.8. The number of thiol groups is 1. The Bertz CT molecular complexity index is 953. The van der Waals surface area contributed by atoms with Crippen molar-refractivity contribution in [3.05, 3.63) is 18.2 Å². The van der Waals surface area contributed by atoms with Crippen LogP contribution in [-0.2, 0) is 30.4 Å². The molecule has 206 valence electrons. The third-order valence-corrected chi connectivity index (χ3v) is 5.39. The molecule has 0 saturated carbocycles. The van der Waals surface area contributed by atoms with E-state index >= 15 is 0 Å². The molecule has 4 unspecified atom stereocenters. The van der Waals surface area contributed by atoms with E-state index in [2.05, 4.69) is 43.5 Å². The van der Waals surface area contributed by atoms with Crippen LogP contribution < -0.4 is 38.9 Å². The number of hydrogen-bond donors (Lipinski definition) is 10. The SMILES string of the molecule is NC(=O)CCC(N)C(=O)NC(Cc1cnc[nH]1)C(=O)NC(CS)C(=O)NC(CCCN=C(N)N)C(=O)O. The zero-order valence-corrected chi connectivity index (χ0v) is 20.9. The molecule has 17 heteroatoms. The van der Waals surface area contributed by atoms with Crippen LogP contribution in [0.15, 0.2) is 17.5 Å². The van der Waals surface area contributed by atoms with Crippen LogP contribution >= 0.6 is 12.6 Å². The van der Waals surface area contributed by atoms with Crippen molar-refractivity contribution >= 4 is 48.2 Å². The Kier molecular flexibility index (Phi) is 13.5.